The fourth-order valence-corrected chi connectivity index (χ4v) is 2.11. The van der Waals surface area contributed by atoms with E-state index >= 15 is 0 Å². The van der Waals surface area contributed by atoms with Crippen LogP contribution in [0.15, 0.2) is 28.9 Å². The highest BCUT2D eigenvalue weighted by atomic mass is 16.4. The van der Waals surface area contributed by atoms with Crippen molar-refractivity contribution in [2.75, 3.05) is 0 Å². The molecule has 0 unspecified atom stereocenters. The second-order valence-electron chi connectivity index (χ2n) is 4.94. The minimum Gasteiger partial charge on any atom is -0.467 e. The van der Waals surface area contributed by atoms with Crippen molar-refractivity contribution in [1.29, 1.82) is 0 Å². The van der Waals surface area contributed by atoms with Crippen LogP contribution in [0.5, 0.6) is 0 Å². The summed E-state index contributed by atoms with van der Waals surface area (Å²) in [7, 11) is 1.73. The van der Waals surface area contributed by atoms with Crippen LogP contribution in [0.4, 0.5) is 0 Å². The summed E-state index contributed by atoms with van der Waals surface area (Å²) in [6.45, 7) is 3.67. The van der Waals surface area contributed by atoms with Gasteiger partial charge >= 0.3 is 0 Å². The summed E-state index contributed by atoms with van der Waals surface area (Å²) < 4.78 is 6.67. The summed E-state index contributed by atoms with van der Waals surface area (Å²) in [4.78, 5) is 12.1. The molecular weight excluding hydrogens is 258 g/mol. The molecule has 0 aliphatic heterocycles. The van der Waals surface area contributed by atoms with Gasteiger partial charge in [0, 0.05) is 19.5 Å². The number of aryl methyl sites for hydroxylation is 2. The molecule has 0 aromatic carbocycles. The lowest BCUT2D eigenvalue weighted by atomic mass is 10.1. The van der Waals surface area contributed by atoms with Crippen molar-refractivity contribution >= 4 is 5.91 Å². The molecule has 2 aromatic heterocycles. The summed E-state index contributed by atoms with van der Waals surface area (Å²) in [5.41, 5.74) is 1.29. The van der Waals surface area contributed by atoms with Gasteiger partial charge < -0.3 is 14.8 Å². The van der Waals surface area contributed by atoms with E-state index in [9.17, 15) is 9.90 Å². The molecule has 2 atom stereocenters. The van der Waals surface area contributed by atoms with Crippen LogP contribution >= 0.6 is 0 Å². The molecular formula is C14H19N3O3. The summed E-state index contributed by atoms with van der Waals surface area (Å²) >= 11 is 0. The highest BCUT2D eigenvalue weighted by Crippen LogP contribution is 2.18. The van der Waals surface area contributed by atoms with Crippen LogP contribution < -0.4 is 5.32 Å². The van der Waals surface area contributed by atoms with Crippen molar-refractivity contribution in [3.05, 3.63) is 41.6 Å². The molecule has 0 aliphatic rings. The van der Waals surface area contributed by atoms with Gasteiger partial charge in [-0.1, -0.05) is 0 Å². The Labute approximate surface area is 117 Å². The molecule has 0 spiro atoms. The zero-order chi connectivity index (χ0) is 14.7. The summed E-state index contributed by atoms with van der Waals surface area (Å²) in [6.07, 6.45) is 1.17. The van der Waals surface area contributed by atoms with Gasteiger partial charge in [-0.05, 0) is 32.0 Å². The van der Waals surface area contributed by atoms with E-state index in [4.69, 9.17) is 4.42 Å². The van der Waals surface area contributed by atoms with Crippen molar-refractivity contribution in [1.82, 2.24) is 15.1 Å². The third-order valence-electron chi connectivity index (χ3n) is 3.06. The number of amides is 1. The first-order valence-electron chi connectivity index (χ1n) is 6.50. The van der Waals surface area contributed by atoms with Crippen molar-refractivity contribution in [3.63, 3.8) is 0 Å². The SMILES string of the molecule is Cc1cc(C(=O)N[C@H](C)C[C@@H](O)c2ccco2)n(C)n1. The molecule has 0 fully saturated rings. The molecule has 0 radical (unpaired) electrons. The molecule has 1 amide bonds. The van der Waals surface area contributed by atoms with Crippen LogP contribution in [-0.2, 0) is 7.05 Å². The first-order valence-corrected chi connectivity index (χ1v) is 6.50. The summed E-state index contributed by atoms with van der Waals surface area (Å²) in [5.74, 6) is 0.301. The molecule has 0 saturated heterocycles. The number of furan rings is 1. The third-order valence-corrected chi connectivity index (χ3v) is 3.06. The van der Waals surface area contributed by atoms with Crippen LogP contribution in [0.25, 0.3) is 0 Å². The Balaban J connectivity index is 1.93. The summed E-state index contributed by atoms with van der Waals surface area (Å²) in [5, 5.41) is 16.9. The minimum atomic E-state index is -0.728. The smallest absolute Gasteiger partial charge is 0.269 e. The van der Waals surface area contributed by atoms with Gasteiger partial charge in [0.1, 0.15) is 17.6 Å². The number of hydrogen-bond donors (Lipinski definition) is 2. The second kappa shape index (κ2) is 5.92. The van der Waals surface area contributed by atoms with Crippen molar-refractivity contribution < 1.29 is 14.3 Å². The number of nitrogens with zero attached hydrogens (tertiary/aromatic N) is 2. The quantitative estimate of drug-likeness (QED) is 0.869. The number of aliphatic hydroxyl groups is 1. The van der Waals surface area contributed by atoms with Crippen LogP contribution in [0.1, 0.15) is 41.4 Å². The Morgan fingerprint density at radius 1 is 1.60 bits per heavy atom. The number of nitrogens with one attached hydrogen (secondary N) is 1. The zero-order valence-corrected chi connectivity index (χ0v) is 11.8. The largest absolute Gasteiger partial charge is 0.467 e. The van der Waals surface area contributed by atoms with Gasteiger partial charge in [-0.25, -0.2) is 0 Å². The molecule has 108 valence electrons. The van der Waals surface area contributed by atoms with Crippen LogP contribution in [0, 0.1) is 6.92 Å². The monoisotopic (exact) mass is 277 g/mol. The van der Waals surface area contributed by atoms with Gasteiger partial charge in [0.25, 0.3) is 5.91 Å². The lowest BCUT2D eigenvalue weighted by Gasteiger charge is -2.16. The maximum atomic E-state index is 12.1. The predicted molar refractivity (Wildman–Crippen MR) is 73.2 cm³/mol. The number of carbonyl (C=O) groups excluding carboxylic acids is 1. The van der Waals surface area contributed by atoms with E-state index in [1.807, 2.05) is 13.8 Å². The second-order valence-corrected chi connectivity index (χ2v) is 4.94. The number of aliphatic hydroxyl groups excluding tert-OH is 1. The van der Waals surface area contributed by atoms with Gasteiger partial charge in [-0.15, -0.1) is 0 Å². The standard InChI is InChI=1S/C14H19N3O3/c1-9(8-12(18)13-5-4-6-20-13)15-14(19)11-7-10(2)16-17(11)3/h4-7,9,12,18H,8H2,1-3H3,(H,15,19)/t9-,12-/m1/s1. The normalized spacial score (nSPS) is 14.0. The van der Waals surface area contributed by atoms with Gasteiger partial charge in [0.2, 0.25) is 0 Å². The van der Waals surface area contributed by atoms with Gasteiger partial charge in [0.05, 0.1) is 12.0 Å². The van der Waals surface area contributed by atoms with Gasteiger partial charge in [-0.2, -0.15) is 5.10 Å². The molecule has 2 heterocycles. The predicted octanol–water partition coefficient (Wildman–Crippen LogP) is 1.56. The summed E-state index contributed by atoms with van der Waals surface area (Å²) in [6, 6.07) is 4.98. The number of carbonyl (C=O) groups is 1. The van der Waals surface area contributed by atoms with E-state index in [1.54, 1.807) is 29.9 Å². The van der Waals surface area contributed by atoms with Crippen LogP contribution in [-0.4, -0.2) is 26.8 Å². The molecule has 2 rings (SSSR count). The van der Waals surface area contributed by atoms with Crippen LogP contribution in [0.2, 0.25) is 0 Å². The molecule has 6 nitrogen and oxygen atoms in total. The zero-order valence-electron chi connectivity index (χ0n) is 11.8. The average Bonchev–Trinajstić information content (AvgIpc) is 2.98. The Hall–Kier alpha value is -2.08. The average molecular weight is 277 g/mol. The molecule has 20 heavy (non-hydrogen) atoms. The van der Waals surface area contributed by atoms with Crippen molar-refractivity contribution in [2.24, 2.45) is 7.05 Å². The number of rotatable bonds is 5. The van der Waals surface area contributed by atoms with E-state index in [0.29, 0.717) is 17.9 Å². The highest BCUT2D eigenvalue weighted by molar-refractivity contribution is 5.92. The fraction of sp³-hybridized carbons (Fsp3) is 0.429. The highest BCUT2D eigenvalue weighted by Gasteiger charge is 2.18. The first-order chi connectivity index (χ1) is 9.47. The topological polar surface area (TPSA) is 80.3 Å². The molecule has 0 saturated carbocycles. The fourth-order valence-electron chi connectivity index (χ4n) is 2.11. The molecule has 2 aromatic rings. The first kappa shape index (κ1) is 14.3. The van der Waals surface area contributed by atoms with Crippen molar-refractivity contribution in [2.45, 2.75) is 32.4 Å². The number of aromatic nitrogens is 2. The Bertz CT molecular complexity index is 575. The molecule has 6 heteroatoms. The Morgan fingerprint density at radius 3 is 2.90 bits per heavy atom. The molecule has 0 bridgehead atoms. The third kappa shape index (κ3) is 3.27. The minimum absolute atomic E-state index is 0.183. The van der Waals surface area contributed by atoms with E-state index in [0.717, 1.165) is 5.69 Å². The maximum Gasteiger partial charge on any atom is 0.269 e. The molecule has 0 aliphatic carbocycles. The Kier molecular flexibility index (Phi) is 4.24. The van der Waals surface area contributed by atoms with E-state index < -0.39 is 6.10 Å². The van der Waals surface area contributed by atoms with Gasteiger partial charge in [-0.3, -0.25) is 9.48 Å². The van der Waals surface area contributed by atoms with E-state index in [1.165, 1.54) is 6.26 Å². The van der Waals surface area contributed by atoms with Crippen LogP contribution in [0.3, 0.4) is 0 Å². The van der Waals surface area contributed by atoms with Gasteiger partial charge in [0.15, 0.2) is 0 Å². The lowest BCUT2D eigenvalue weighted by molar-refractivity contribution is 0.0894. The van der Waals surface area contributed by atoms with E-state index in [2.05, 4.69) is 10.4 Å². The van der Waals surface area contributed by atoms with E-state index in [-0.39, 0.29) is 11.9 Å². The number of hydrogen-bond acceptors (Lipinski definition) is 4. The maximum absolute atomic E-state index is 12.1. The Morgan fingerprint density at radius 2 is 2.35 bits per heavy atom. The molecule has 2 N–H and O–H groups in total. The van der Waals surface area contributed by atoms with Crippen molar-refractivity contribution in [3.8, 4) is 0 Å². The lowest BCUT2D eigenvalue weighted by Crippen LogP contribution is -2.34.